The molecule has 1 rings (SSSR count). The van der Waals surface area contributed by atoms with Gasteiger partial charge in [0.15, 0.2) is 0 Å². The van der Waals surface area contributed by atoms with Gasteiger partial charge < -0.3 is 22.4 Å². The number of halogens is 1. The largest absolute Gasteiger partial charge is 1.00 e. The van der Waals surface area contributed by atoms with Gasteiger partial charge in [-0.25, -0.2) is 0 Å². The van der Waals surface area contributed by atoms with E-state index in [-0.39, 0.29) is 17.8 Å². The Morgan fingerprint density at radius 2 is 1.62 bits per heavy atom. The second-order valence-corrected chi connectivity index (χ2v) is 5.76. The van der Waals surface area contributed by atoms with Gasteiger partial charge in [0.2, 0.25) is 0 Å². The van der Waals surface area contributed by atoms with Crippen LogP contribution in [0.2, 0.25) is 0 Å². The molecule has 94 valence electrons. The maximum Gasteiger partial charge on any atom is 0.139 e. The third-order valence-electron chi connectivity index (χ3n) is 3.44. The first-order chi connectivity index (χ1) is 6.83. The number of hydrogen-bond donors (Lipinski definition) is 2. The summed E-state index contributed by atoms with van der Waals surface area (Å²) in [7, 11) is 0. The molecular formula is C13H24ClNO. The number of aliphatic hydroxyl groups is 1. The van der Waals surface area contributed by atoms with Crippen molar-refractivity contribution in [2.45, 2.75) is 46.1 Å². The maximum absolute atomic E-state index is 10.1. The average molecular weight is 246 g/mol. The SMILES string of the molecule is CC(C)(C)C(C)(O)C#CC[NH+]1CCCC1.[Cl-]. The summed E-state index contributed by atoms with van der Waals surface area (Å²) >= 11 is 0. The second kappa shape index (κ2) is 5.91. The van der Waals surface area contributed by atoms with E-state index in [4.69, 9.17) is 0 Å². The normalized spacial score (nSPS) is 20.6. The Kier molecular flexibility index (Phi) is 5.82. The van der Waals surface area contributed by atoms with Crippen molar-refractivity contribution in [3.63, 3.8) is 0 Å². The van der Waals surface area contributed by atoms with E-state index in [1.165, 1.54) is 25.9 Å². The summed E-state index contributed by atoms with van der Waals surface area (Å²) in [4.78, 5) is 1.56. The Morgan fingerprint density at radius 1 is 1.12 bits per heavy atom. The van der Waals surface area contributed by atoms with Crippen molar-refractivity contribution in [3.05, 3.63) is 0 Å². The van der Waals surface area contributed by atoms with Crippen LogP contribution < -0.4 is 17.3 Å². The molecule has 0 spiro atoms. The first kappa shape index (κ1) is 15.8. The molecule has 0 aromatic heterocycles. The van der Waals surface area contributed by atoms with Gasteiger partial charge in [0.1, 0.15) is 12.1 Å². The van der Waals surface area contributed by atoms with Crippen molar-refractivity contribution in [2.24, 2.45) is 5.41 Å². The number of rotatable bonds is 1. The lowest BCUT2D eigenvalue weighted by molar-refractivity contribution is -0.879. The van der Waals surface area contributed by atoms with E-state index < -0.39 is 5.60 Å². The van der Waals surface area contributed by atoms with E-state index in [9.17, 15) is 5.11 Å². The molecule has 0 aliphatic carbocycles. The molecular weight excluding hydrogens is 222 g/mol. The number of nitrogens with one attached hydrogen (secondary N) is 1. The summed E-state index contributed by atoms with van der Waals surface area (Å²) in [5.41, 5.74) is -1.06. The first-order valence-corrected chi connectivity index (χ1v) is 5.89. The number of likely N-dealkylation sites (tertiary alicyclic amines) is 1. The van der Waals surface area contributed by atoms with Crippen LogP contribution in [-0.2, 0) is 0 Å². The summed E-state index contributed by atoms with van der Waals surface area (Å²) in [5, 5.41) is 10.1. The molecule has 0 radical (unpaired) electrons. The van der Waals surface area contributed by atoms with Gasteiger partial charge in [-0.15, -0.1) is 0 Å². The molecule has 1 unspecified atom stereocenters. The van der Waals surface area contributed by atoms with E-state index in [1.807, 2.05) is 20.8 Å². The van der Waals surface area contributed by atoms with Crippen molar-refractivity contribution in [2.75, 3.05) is 19.6 Å². The van der Waals surface area contributed by atoms with Gasteiger partial charge in [0.25, 0.3) is 0 Å². The van der Waals surface area contributed by atoms with Gasteiger partial charge in [-0.2, -0.15) is 0 Å². The zero-order valence-corrected chi connectivity index (χ0v) is 11.6. The Balaban J connectivity index is 0.00000225. The van der Waals surface area contributed by atoms with Crippen molar-refractivity contribution >= 4 is 0 Å². The highest BCUT2D eigenvalue weighted by molar-refractivity contribution is 5.16. The van der Waals surface area contributed by atoms with Crippen molar-refractivity contribution in [1.29, 1.82) is 0 Å². The number of hydrogen-bond acceptors (Lipinski definition) is 1. The molecule has 1 fully saturated rings. The van der Waals surface area contributed by atoms with Crippen molar-refractivity contribution < 1.29 is 22.4 Å². The molecule has 2 nitrogen and oxygen atoms in total. The highest BCUT2D eigenvalue weighted by atomic mass is 35.5. The van der Waals surface area contributed by atoms with Gasteiger partial charge in [0, 0.05) is 18.3 Å². The fraction of sp³-hybridized carbons (Fsp3) is 0.846. The van der Waals surface area contributed by atoms with Crippen LogP contribution in [0.5, 0.6) is 0 Å². The quantitative estimate of drug-likeness (QED) is 0.490. The summed E-state index contributed by atoms with van der Waals surface area (Å²) in [5.74, 6) is 6.15. The monoisotopic (exact) mass is 245 g/mol. The first-order valence-electron chi connectivity index (χ1n) is 5.89. The van der Waals surface area contributed by atoms with Crippen LogP contribution in [0.25, 0.3) is 0 Å². The Morgan fingerprint density at radius 3 is 2.06 bits per heavy atom. The van der Waals surface area contributed by atoms with Crippen LogP contribution in [0, 0.1) is 17.3 Å². The molecule has 0 aromatic carbocycles. The van der Waals surface area contributed by atoms with Crippen LogP contribution in [-0.4, -0.2) is 30.3 Å². The molecule has 1 aliphatic rings. The molecule has 16 heavy (non-hydrogen) atoms. The third kappa shape index (κ3) is 4.33. The molecule has 1 saturated heterocycles. The molecule has 0 aromatic rings. The highest BCUT2D eigenvalue weighted by Crippen LogP contribution is 2.28. The minimum atomic E-state index is -0.883. The van der Waals surface area contributed by atoms with Crippen molar-refractivity contribution in [1.82, 2.24) is 0 Å². The predicted octanol–water partition coefficient (Wildman–Crippen LogP) is -2.53. The highest BCUT2D eigenvalue weighted by Gasteiger charge is 2.33. The Bertz CT molecular complexity index is 264. The summed E-state index contributed by atoms with van der Waals surface area (Å²) in [6.45, 7) is 11.2. The lowest BCUT2D eigenvalue weighted by Crippen LogP contribution is -3.09. The second-order valence-electron chi connectivity index (χ2n) is 5.76. The zero-order chi connectivity index (χ0) is 11.5. The fourth-order valence-electron chi connectivity index (χ4n) is 1.58. The minimum Gasteiger partial charge on any atom is -1.00 e. The van der Waals surface area contributed by atoms with E-state index in [0.717, 1.165) is 6.54 Å². The number of quaternary nitrogens is 1. The smallest absolute Gasteiger partial charge is 0.139 e. The van der Waals surface area contributed by atoms with E-state index in [2.05, 4.69) is 11.8 Å². The maximum atomic E-state index is 10.1. The van der Waals surface area contributed by atoms with Gasteiger partial charge in [0.05, 0.1) is 13.1 Å². The van der Waals surface area contributed by atoms with Crippen LogP contribution in [0.15, 0.2) is 0 Å². The fourth-order valence-corrected chi connectivity index (χ4v) is 1.58. The molecule has 3 heteroatoms. The predicted molar refractivity (Wildman–Crippen MR) is 62.7 cm³/mol. The standard InChI is InChI=1S/C13H23NO.ClH/c1-12(2,3)13(4,15)8-7-11-14-9-5-6-10-14;/h15H,5-6,9-11H2,1-4H3;1H. The van der Waals surface area contributed by atoms with Gasteiger partial charge in [-0.05, 0) is 12.8 Å². The van der Waals surface area contributed by atoms with Crippen LogP contribution >= 0.6 is 0 Å². The Labute approximate surface area is 106 Å². The molecule has 0 amide bonds. The molecule has 0 saturated carbocycles. The third-order valence-corrected chi connectivity index (χ3v) is 3.44. The summed E-state index contributed by atoms with van der Waals surface area (Å²) < 4.78 is 0. The lowest BCUT2D eigenvalue weighted by Gasteiger charge is -2.32. The van der Waals surface area contributed by atoms with E-state index in [1.54, 1.807) is 11.8 Å². The topological polar surface area (TPSA) is 24.7 Å². The van der Waals surface area contributed by atoms with Crippen LogP contribution in [0.3, 0.4) is 0 Å². The summed E-state index contributed by atoms with van der Waals surface area (Å²) in [6, 6.07) is 0. The molecule has 1 aliphatic heterocycles. The van der Waals surface area contributed by atoms with Crippen LogP contribution in [0.1, 0.15) is 40.5 Å². The van der Waals surface area contributed by atoms with Crippen molar-refractivity contribution in [3.8, 4) is 11.8 Å². The zero-order valence-electron chi connectivity index (χ0n) is 10.9. The molecule has 1 atom stereocenters. The van der Waals surface area contributed by atoms with Gasteiger partial charge in [-0.1, -0.05) is 26.7 Å². The van der Waals surface area contributed by atoms with E-state index in [0.29, 0.717) is 0 Å². The lowest BCUT2D eigenvalue weighted by atomic mass is 9.78. The minimum absolute atomic E-state index is 0. The van der Waals surface area contributed by atoms with E-state index >= 15 is 0 Å². The summed E-state index contributed by atoms with van der Waals surface area (Å²) in [6.07, 6.45) is 2.65. The van der Waals surface area contributed by atoms with Gasteiger partial charge >= 0.3 is 0 Å². The average Bonchev–Trinajstić information content (AvgIpc) is 2.54. The molecule has 0 bridgehead atoms. The van der Waals surface area contributed by atoms with Crippen LogP contribution in [0.4, 0.5) is 0 Å². The van der Waals surface area contributed by atoms with Gasteiger partial charge in [-0.3, -0.25) is 0 Å². The molecule has 1 heterocycles. The Hall–Kier alpha value is -0.230. The molecule has 2 N–H and O–H groups in total.